The van der Waals surface area contributed by atoms with Gasteiger partial charge in [-0.1, -0.05) is 19.8 Å². The topological polar surface area (TPSA) is 122 Å². The molecule has 1 aromatic heterocycles. The van der Waals surface area contributed by atoms with Gasteiger partial charge in [0, 0.05) is 12.6 Å². The molecule has 212 valence electrons. The Balaban J connectivity index is 1.20. The molecule has 2 aliphatic rings. The molecule has 2 N–H and O–H groups in total. The van der Waals surface area contributed by atoms with Gasteiger partial charge in [-0.15, -0.1) is 0 Å². The van der Waals surface area contributed by atoms with Gasteiger partial charge in [0.25, 0.3) is 0 Å². The van der Waals surface area contributed by atoms with Crippen LogP contribution in [0.3, 0.4) is 0 Å². The van der Waals surface area contributed by atoms with Crippen molar-refractivity contribution in [1.29, 1.82) is 0 Å². The fraction of sp³-hybridized carbons (Fsp3) is 0.621. The molecular formula is C29H39FN4O5. The normalized spacial score (nSPS) is 24.7. The third-order valence-electron chi connectivity index (χ3n) is 8.38. The van der Waals surface area contributed by atoms with Crippen molar-refractivity contribution >= 4 is 28.8 Å². The van der Waals surface area contributed by atoms with Gasteiger partial charge < -0.3 is 20.1 Å². The quantitative estimate of drug-likeness (QED) is 0.418. The van der Waals surface area contributed by atoms with E-state index >= 15 is 0 Å². The minimum absolute atomic E-state index is 0.0316. The minimum atomic E-state index is -0.602. The standard InChI is InChI=1S/C29H39FN4O5/c1-18-13-15-34(26(18)19(2)35)25(36)17-31-28(38)39-29(3)14-7-9-20(29)8-5-4-6-10-23-27(37)33-24-16-21(30)11-12-22(24)32-23/h11-12,16,18,20,26H,4-10,13-15,17H2,1-3H3,(H,31,38)(H,33,37)/t18-,20-,26+,29?/m1/s1. The number of aromatic nitrogens is 2. The second kappa shape index (κ2) is 12.3. The first-order valence-corrected chi connectivity index (χ1v) is 14.0. The first-order valence-electron chi connectivity index (χ1n) is 14.0. The molecule has 1 unspecified atom stereocenters. The van der Waals surface area contributed by atoms with Crippen molar-refractivity contribution < 1.29 is 28.6 Å². The summed E-state index contributed by atoms with van der Waals surface area (Å²) < 4.78 is 19.2. The van der Waals surface area contributed by atoms with E-state index in [0.717, 1.165) is 51.4 Å². The number of hydrogen-bond acceptors (Lipinski definition) is 7. The molecule has 1 aliphatic heterocycles. The molecule has 2 heterocycles. The molecule has 2 fully saturated rings. The van der Waals surface area contributed by atoms with E-state index in [1.807, 2.05) is 13.8 Å². The SMILES string of the molecule is CC(=O)[C@@H]1[C@H](C)CCN1C(=O)CNC(=O)OC1(C)CCC[C@H]1CCCCCc1nc2ccc(F)cc2nc1O. The van der Waals surface area contributed by atoms with Crippen molar-refractivity contribution in [3.8, 4) is 5.88 Å². The lowest BCUT2D eigenvalue weighted by molar-refractivity contribution is -0.136. The molecule has 1 aliphatic carbocycles. The molecular weight excluding hydrogens is 503 g/mol. The molecule has 0 radical (unpaired) electrons. The molecule has 1 saturated heterocycles. The fourth-order valence-electron chi connectivity index (χ4n) is 6.22. The molecule has 4 atom stereocenters. The molecule has 4 rings (SSSR count). The second-order valence-corrected chi connectivity index (χ2v) is 11.3. The summed E-state index contributed by atoms with van der Waals surface area (Å²) in [4.78, 5) is 47.3. The summed E-state index contributed by atoms with van der Waals surface area (Å²) >= 11 is 0. The van der Waals surface area contributed by atoms with Gasteiger partial charge in [0.05, 0.1) is 17.1 Å². The maximum Gasteiger partial charge on any atom is 0.408 e. The molecule has 0 spiro atoms. The third kappa shape index (κ3) is 6.83. The first kappa shape index (κ1) is 28.7. The Labute approximate surface area is 228 Å². The molecule has 0 bridgehead atoms. The van der Waals surface area contributed by atoms with Gasteiger partial charge >= 0.3 is 6.09 Å². The van der Waals surface area contributed by atoms with E-state index in [-0.39, 0.29) is 36.0 Å². The van der Waals surface area contributed by atoms with Crippen LogP contribution in [0, 0.1) is 17.7 Å². The number of unbranched alkanes of at least 4 members (excludes halogenated alkanes) is 2. The fourth-order valence-corrected chi connectivity index (χ4v) is 6.22. The molecule has 39 heavy (non-hydrogen) atoms. The average Bonchev–Trinajstić information content (AvgIpc) is 3.44. The van der Waals surface area contributed by atoms with Gasteiger partial charge in [0.2, 0.25) is 11.8 Å². The van der Waals surface area contributed by atoms with Crippen LogP contribution >= 0.6 is 0 Å². The highest BCUT2D eigenvalue weighted by atomic mass is 19.1. The Morgan fingerprint density at radius 1 is 1.18 bits per heavy atom. The zero-order valence-corrected chi connectivity index (χ0v) is 23.0. The van der Waals surface area contributed by atoms with Crippen LogP contribution in [0.4, 0.5) is 9.18 Å². The van der Waals surface area contributed by atoms with Crippen LogP contribution < -0.4 is 5.32 Å². The van der Waals surface area contributed by atoms with Crippen molar-refractivity contribution in [2.45, 2.75) is 90.2 Å². The summed E-state index contributed by atoms with van der Waals surface area (Å²) in [7, 11) is 0. The number of rotatable bonds is 10. The number of benzene rings is 1. The lowest BCUT2D eigenvalue weighted by atomic mass is 9.87. The number of aryl methyl sites for hydroxylation is 1. The zero-order chi connectivity index (χ0) is 28.2. The number of halogens is 1. The number of hydrogen-bond donors (Lipinski definition) is 2. The van der Waals surface area contributed by atoms with E-state index in [9.17, 15) is 23.9 Å². The van der Waals surface area contributed by atoms with Crippen molar-refractivity contribution in [3.63, 3.8) is 0 Å². The van der Waals surface area contributed by atoms with Gasteiger partial charge in [0.15, 0.2) is 5.78 Å². The van der Waals surface area contributed by atoms with Crippen LogP contribution in [-0.4, -0.2) is 62.5 Å². The van der Waals surface area contributed by atoms with Crippen LogP contribution in [0.15, 0.2) is 18.2 Å². The van der Waals surface area contributed by atoms with Crippen LogP contribution in [0.5, 0.6) is 5.88 Å². The van der Waals surface area contributed by atoms with Crippen LogP contribution in [0.25, 0.3) is 11.0 Å². The van der Waals surface area contributed by atoms with Gasteiger partial charge in [-0.2, -0.15) is 0 Å². The van der Waals surface area contributed by atoms with E-state index in [0.29, 0.717) is 29.7 Å². The van der Waals surface area contributed by atoms with E-state index in [2.05, 4.69) is 15.3 Å². The van der Waals surface area contributed by atoms with Crippen molar-refractivity contribution in [1.82, 2.24) is 20.2 Å². The van der Waals surface area contributed by atoms with E-state index < -0.39 is 23.6 Å². The second-order valence-electron chi connectivity index (χ2n) is 11.3. The lowest BCUT2D eigenvalue weighted by Gasteiger charge is -2.32. The molecule has 1 saturated carbocycles. The maximum absolute atomic E-state index is 13.4. The number of fused-ring (bicyclic) bond motifs is 1. The van der Waals surface area contributed by atoms with Crippen molar-refractivity contribution in [3.05, 3.63) is 29.7 Å². The molecule has 2 aromatic rings. The Morgan fingerprint density at radius 2 is 1.97 bits per heavy atom. The summed E-state index contributed by atoms with van der Waals surface area (Å²) in [5.74, 6) is -0.532. The molecule has 10 heteroatoms. The van der Waals surface area contributed by atoms with Crippen LogP contribution in [-0.2, 0) is 20.7 Å². The first-order chi connectivity index (χ1) is 18.6. The van der Waals surface area contributed by atoms with Gasteiger partial charge in [-0.3, -0.25) is 9.59 Å². The van der Waals surface area contributed by atoms with E-state index in [1.165, 1.54) is 19.1 Å². The summed E-state index contributed by atoms with van der Waals surface area (Å²) in [6, 6.07) is 3.72. The van der Waals surface area contributed by atoms with E-state index in [1.54, 1.807) is 11.0 Å². The number of carbonyl (C=O) groups is 3. The number of nitrogens with one attached hydrogen (secondary N) is 1. The number of amides is 2. The smallest absolute Gasteiger partial charge is 0.408 e. The Hall–Kier alpha value is -3.30. The number of likely N-dealkylation sites (tertiary alicyclic amines) is 1. The number of nitrogens with zero attached hydrogens (tertiary/aromatic N) is 3. The largest absolute Gasteiger partial charge is 0.492 e. The average molecular weight is 543 g/mol. The summed E-state index contributed by atoms with van der Waals surface area (Å²) in [5, 5.41) is 12.8. The summed E-state index contributed by atoms with van der Waals surface area (Å²) in [6.45, 7) is 5.77. The number of carbonyl (C=O) groups excluding carboxylic acids is 3. The molecule has 9 nitrogen and oxygen atoms in total. The highest BCUT2D eigenvalue weighted by Gasteiger charge is 2.42. The number of ether oxygens (including phenoxy) is 1. The van der Waals surface area contributed by atoms with E-state index in [4.69, 9.17) is 4.74 Å². The van der Waals surface area contributed by atoms with Gasteiger partial charge in [0.1, 0.15) is 23.7 Å². The van der Waals surface area contributed by atoms with Crippen molar-refractivity contribution in [2.75, 3.05) is 13.1 Å². The maximum atomic E-state index is 13.4. The van der Waals surface area contributed by atoms with Gasteiger partial charge in [-0.05, 0) is 82.8 Å². The Morgan fingerprint density at radius 3 is 2.74 bits per heavy atom. The predicted octanol–water partition coefficient (Wildman–Crippen LogP) is 4.69. The number of Topliss-reactive ketones (excluding diaryl/α,β-unsaturated/α-hetero) is 1. The van der Waals surface area contributed by atoms with Crippen LogP contribution in [0.2, 0.25) is 0 Å². The van der Waals surface area contributed by atoms with Gasteiger partial charge in [-0.25, -0.2) is 19.2 Å². The van der Waals surface area contributed by atoms with Crippen molar-refractivity contribution in [2.24, 2.45) is 11.8 Å². The number of aromatic hydroxyl groups is 1. The highest BCUT2D eigenvalue weighted by Crippen LogP contribution is 2.41. The summed E-state index contributed by atoms with van der Waals surface area (Å²) in [6.07, 6.45) is 7.05. The third-order valence-corrected chi connectivity index (χ3v) is 8.38. The molecule has 2 amide bonds. The lowest BCUT2D eigenvalue weighted by Crippen LogP contribution is -2.47. The van der Waals surface area contributed by atoms with Crippen LogP contribution in [0.1, 0.15) is 77.8 Å². The predicted molar refractivity (Wildman–Crippen MR) is 144 cm³/mol. The number of alkyl carbamates (subject to hydrolysis) is 1. The zero-order valence-electron chi connectivity index (χ0n) is 23.0. The Kier molecular flexibility index (Phi) is 9.02. The summed E-state index contributed by atoms with van der Waals surface area (Å²) in [5.41, 5.74) is 0.800. The molecule has 1 aromatic carbocycles. The highest BCUT2D eigenvalue weighted by molar-refractivity contribution is 5.90. The minimum Gasteiger partial charge on any atom is -0.492 e. The Bertz CT molecular complexity index is 1220. The monoisotopic (exact) mass is 542 g/mol. The number of ketones is 1.